The molecule has 298 valence electrons. The van der Waals surface area contributed by atoms with Crippen LogP contribution >= 0.6 is 0 Å². The Bertz CT molecular complexity index is 2130. The molecule has 13 heteroatoms. The molecule has 1 amide bonds. The van der Waals surface area contributed by atoms with Gasteiger partial charge in [0.1, 0.15) is 15.9 Å². The first-order chi connectivity index (χ1) is 25.8. The predicted molar refractivity (Wildman–Crippen MR) is 209 cm³/mol. The van der Waals surface area contributed by atoms with Crippen LogP contribution in [0.25, 0.3) is 0 Å². The van der Waals surface area contributed by atoms with E-state index >= 15 is 0 Å². The van der Waals surface area contributed by atoms with E-state index < -0.39 is 56.1 Å². The van der Waals surface area contributed by atoms with Gasteiger partial charge in [0.2, 0.25) is 5.91 Å². The van der Waals surface area contributed by atoms with E-state index in [1.807, 2.05) is 46.8 Å². The van der Waals surface area contributed by atoms with Gasteiger partial charge >= 0.3 is 10.1 Å². The standard InChI is InChI=1S/C42H53NO10S2/c1-23(2)29-19-32(24(3)4)42(33(20-29)25(5)6)55(48,49)52-37-22-34-31(16-18-36(37)45)39-28(13-17-35(34)43-27(8)44)21-38(40(50-9)41(39)51-10)53-54(46,47)30-14-11-26(7)12-15-30/h11-12,14-16,18-25,31,35,37,39,41H,13,17H2,1-10H3,(H,43,44). The van der Waals surface area contributed by atoms with E-state index in [0.717, 1.165) is 16.7 Å². The Labute approximate surface area is 326 Å². The van der Waals surface area contributed by atoms with Crippen molar-refractivity contribution in [2.24, 2.45) is 11.8 Å². The van der Waals surface area contributed by atoms with Crippen LogP contribution in [0.1, 0.15) is 101 Å². The maximum Gasteiger partial charge on any atom is 0.339 e. The van der Waals surface area contributed by atoms with Crippen LogP contribution in [-0.2, 0) is 47.7 Å². The van der Waals surface area contributed by atoms with E-state index in [9.17, 15) is 26.4 Å². The number of fused-ring (bicyclic) bond motifs is 3. The third-order valence-electron chi connectivity index (χ3n) is 10.5. The molecule has 0 aromatic heterocycles. The van der Waals surface area contributed by atoms with Crippen molar-refractivity contribution < 1.29 is 44.3 Å². The molecule has 11 nitrogen and oxygen atoms in total. The first-order valence-corrected chi connectivity index (χ1v) is 21.5. The smallest absolute Gasteiger partial charge is 0.339 e. The lowest BCUT2D eigenvalue weighted by atomic mass is 9.74. The van der Waals surface area contributed by atoms with Gasteiger partial charge in [-0.2, -0.15) is 16.8 Å². The SMILES string of the molecule is COC1=C(OS(=O)(=O)c2ccc(C)cc2)C=C2CCC(NC(C)=O)C3=CC(OS(=O)(=O)c4c(C(C)C)cc(C(C)C)cc4C(C)C)C(=O)C=CC3C2C1OC. The van der Waals surface area contributed by atoms with E-state index in [0.29, 0.717) is 29.5 Å². The highest BCUT2D eigenvalue weighted by molar-refractivity contribution is 7.87. The number of allylic oxidation sites excluding steroid dienone is 2. The molecule has 0 radical (unpaired) electrons. The van der Waals surface area contributed by atoms with Gasteiger partial charge < -0.3 is 19.0 Å². The highest BCUT2D eigenvalue weighted by atomic mass is 32.2. The van der Waals surface area contributed by atoms with Gasteiger partial charge in [0, 0.05) is 25.9 Å². The summed E-state index contributed by atoms with van der Waals surface area (Å²) in [5.41, 5.74) is 4.42. The van der Waals surface area contributed by atoms with Crippen molar-refractivity contribution >= 4 is 31.9 Å². The summed E-state index contributed by atoms with van der Waals surface area (Å²) < 4.78 is 79.2. The molecule has 1 fully saturated rings. The Balaban J connectivity index is 1.61. The topological polar surface area (TPSA) is 151 Å². The van der Waals surface area contributed by atoms with Gasteiger partial charge in [-0.25, -0.2) is 0 Å². The lowest BCUT2D eigenvalue weighted by Gasteiger charge is -2.37. The first kappa shape index (κ1) is 42.1. The van der Waals surface area contributed by atoms with Crippen molar-refractivity contribution in [1.82, 2.24) is 5.32 Å². The minimum Gasteiger partial charge on any atom is -0.494 e. The zero-order chi connectivity index (χ0) is 40.6. The summed E-state index contributed by atoms with van der Waals surface area (Å²) in [5, 5.41) is 2.99. The summed E-state index contributed by atoms with van der Waals surface area (Å²) >= 11 is 0. The van der Waals surface area contributed by atoms with Gasteiger partial charge in [-0.1, -0.05) is 83.0 Å². The molecule has 5 rings (SSSR count). The number of ketones is 1. The Morgan fingerprint density at radius 1 is 0.891 bits per heavy atom. The second-order valence-electron chi connectivity index (χ2n) is 15.4. The fourth-order valence-electron chi connectivity index (χ4n) is 7.66. The maximum absolute atomic E-state index is 14.4. The fraction of sp³-hybridized carbons (Fsp3) is 0.476. The zero-order valence-corrected chi connectivity index (χ0v) is 34.8. The first-order valence-electron chi connectivity index (χ1n) is 18.6. The molecule has 3 aliphatic carbocycles. The maximum atomic E-state index is 14.4. The molecule has 0 heterocycles. The number of methoxy groups -OCH3 is 2. The lowest BCUT2D eigenvalue weighted by Crippen LogP contribution is -2.40. The fourth-order valence-corrected chi connectivity index (χ4v) is 10.3. The largest absolute Gasteiger partial charge is 0.494 e. The average Bonchev–Trinajstić information content (AvgIpc) is 3.34. The third-order valence-corrected chi connectivity index (χ3v) is 13.2. The van der Waals surface area contributed by atoms with Gasteiger partial charge in [-0.05, 0) is 90.1 Å². The summed E-state index contributed by atoms with van der Waals surface area (Å²) in [6.45, 7) is 15.1. The van der Waals surface area contributed by atoms with Crippen LogP contribution in [0, 0.1) is 18.8 Å². The van der Waals surface area contributed by atoms with Gasteiger partial charge in [-0.3, -0.25) is 13.8 Å². The molecule has 5 atom stereocenters. The molecule has 0 aliphatic heterocycles. The molecule has 2 aromatic carbocycles. The average molecular weight is 796 g/mol. The van der Waals surface area contributed by atoms with E-state index in [4.69, 9.17) is 17.8 Å². The molecule has 1 saturated carbocycles. The van der Waals surface area contributed by atoms with Gasteiger partial charge in [0.15, 0.2) is 23.4 Å². The van der Waals surface area contributed by atoms with Crippen molar-refractivity contribution in [3.63, 3.8) is 0 Å². The van der Waals surface area contributed by atoms with Crippen molar-refractivity contribution in [3.05, 3.63) is 106 Å². The Kier molecular flexibility index (Phi) is 12.7. The molecule has 0 bridgehead atoms. The van der Waals surface area contributed by atoms with Crippen molar-refractivity contribution in [1.29, 1.82) is 0 Å². The van der Waals surface area contributed by atoms with Crippen LogP contribution in [0.2, 0.25) is 0 Å². The Morgan fingerprint density at radius 3 is 2.04 bits per heavy atom. The van der Waals surface area contributed by atoms with E-state index in [-0.39, 0.29) is 45.0 Å². The summed E-state index contributed by atoms with van der Waals surface area (Å²) in [6.07, 6.45) is 4.42. The molecule has 55 heavy (non-hydrogen) atoms. The summed E-state index contributed by atoms with van der Waals surface area (Å²) in [4.78, 5) is 26.5. The molecule has 2 aromatic rings. The number of rotatable bonds is 12. The molecule has 5 unspecified atom stereocenters. The lowest BCUT2D eigenvalue weighted by molar-refractivity contribution is -0.119. The second-order valence-corrected chi connectivity index (χ2v) is 18.4. The van der Waals surface area contributed by atoms with Crippen molar-refractivity contribution in [3.8, 4) is 0 Å². The number of benzene rings is 2. The minimum absolute atomic E-state index is 0.0320. The number of ether oxygens (including phenoxy) is 2. The van der Waals surface area contributed by atoms with Crippen LogP contribution in [0.15, 0.2) is 93.2 Å². The highest BCUT2D eigenvalue weighted by Gasteiger charge is 2.46. The van der Waals surface area contributed by atoms with Crippen LogP contribution < -0.4 is 5.32 Å². The molecular weight excluding hydrogens is 743 g/mol. The number of hydrogen-bond acceptors (Lipinski definition) is 10. The van der Waals surface area contributed by atoms with Gasteiger partial charge in [0.25, 0.3) is 10.1 Å². The third kappa shape index (κ3) is 8.85. The molecule has 3 aliphatic rings. The van der Waals surface area contributed by atoms with Crippen molar-refractivity contribution in [2.45, 2.75) is 114 Å². The number of carbonyl (C=O) groups is 2. The minimum atomic E-state index is -4.52. The van der Waals surface area contributed by atoms with Crippen LogP contribution in [-0.4, -0.2) is 61.0 Å². The number of carbonyl (C=O) groups excluding carboxylic acids is 2. The molecule has 1 N–H and O–H groups in total. The number of aryl methyl sites for hydroxylation is 1. The summed E-state index contributed by atoms with van der Waals surface area (Å²) in [5.74, 6) is -2.18. The van der Waals surface area contributed by atoms with Gasteiger partial charge in [-0.15, -0.1) is 0 Å². The van der Waals surface area contributed by atoms with Crippen LogP contribution in [0.4, 0.5) is 0 Å². The second kappa shape index (κ2) is 16.6. The number of amides is 1. The van der Waals surface area contributed by atoms with Gasteiger partial charge in [0.05, 0.1) is 13.2 Å². The van der Waals surface area contributed by atoms with E-state index in [1.54, 1.807) is 24.3 Å². The Morgan fingerprint density at radius 2 is 1.51 bits per heavy atom. The Hall–Kier alpha value is -4.04. The molecule has 0 saturated heterocycles. The predicted octanol–water partition coefficient (Wildman–Crippen LogP) is 7.25. The molecular formula is C42H53NO10S2. The summed E-state index contributed by atoms with van der Waals surface area (Å²) in [7, 11) is -5.93. The number of hydrogen-bond donors (Lipinski definition) is 1. The van der Waals surface area contributed by atoms with E-state index in [2.05, 4.69) is 19.2 Å². The van der Waals surface area contributed by atoms with Crippen molar-refractivity contribution in [2.75, 3.05) is 14.2 Å². The summed E-state index contributed by atoms with van der Waals surface area (Å²) in [6, 6.07) is 9.46. The van der Waals surface area contributed by atoms with Crippen LogP contribution in [0.5, 0.6) is 0 Å². The van der Waals surface area contributed by atoms with Crippen LogP contribution in [0.3, 0.4) is 0 Å². The molecule has 0 spiro atoms. The van der Waals surface area contributed by atoms with E-state index in [1.165, 1.54) is 45.4 Å². The highest BCUT2D eigenvalue weighted by Crippen LogP contribution is 2.47. The monoisotopic (exact) mass is 795 g/mol. The normalized spacial score (nSPS) is 23.1. The quantitative estimate of drug-likeness (QED) is 0.172. The number of nitrogens with one attached hydrogen (secondary N) is 1. The zero-order valence-electron chi connectivity index (χ0n) is 33.2.